The highest BCUT2D eigenvalue weighted by Crippen LogP contribution is 2.27. The molecule has 10 nitrogen and oxygen atoms in total. The van der Waals surface area contributed by atoms with E-state index >= 15 is 0 Å². The molecule has 0 aliphatic heterocycles. The molecule has 1 N–H and O–H groups in total. The third kappa shape index (κ3) is 6.48. The van der Waals surface area contributed by atoms with Gasteiger partial charge in [0.25, 0.3) is 5.91 Å². The van der Waals surface area contributed by atoms with Gasteiger partial charge in [-0.2, -0.15) is 5.10 Å². The number of carbonyl (C=O) groups excluding carboxylic acids is 2. The maximum absolute atomic E-state index is 12.2. The van der Waals surface area contributed by atoms with Crippen molar-refractivity contribution in [3.05, 3.63) is 54.1 Å². The van der Waals surface area contributed by atoms with E-state index in [9.17, 15) is 18.0 Å². The fourth-order valence-electron chi connectivity index (χ4n) is 2.32. The van der Waals surface area contributed by atoms with Gasteiger partial charge >= 0.3 is 6.16 Å². The summed E-state index contributed by atoms with van der Waals surface area (Å²) in [4.78, 5) is 23.4. The van der Waals surface area contributed by atoms with Crippen LogP contribution in [0, 0.1) is 0 Å². The van der Waals surface area contributed by atoms with E-state index in [4.69, 9.17) is 9.47 Å². The van der Waals surface area contributed by atoms with Crippen molar-refractivity contribution in [2.24, 2.45) is 5.10 Å². The number of ether oxygens (including phenoxy) is 3. The molecular formula is C19H21N3O7S. The summed E-state index contributed by atoms with van der Waals surface area (Å²) in [6.45, 7) is -0.435. The first kappa shape index (κ1) is 22.7. The number of sulfonamides is 1. The van der Waals surface area contributed by atoms with Crippen molar-refractivity contribution in [1.82, 2.24) is 5.43 Å². The smallest absolute Gasteiger partial charge is 0.493 e. The molecule has 0 heterocycles. The van der Waals surface area contributed by atoms with Gasteiger partial charge in [0.2, 0.25) is 10.0 Å². The van der Waals surface area contributed by atoms with Gasteiger partial charge < -0.3 is 14.2 Å². The molecule has 0 radical (unpaired) electrons. The Hall–Kier alpha value is -3.60. The number of hydrogen-bond donors (Lipinski definition) is 1. The predicted octanol–water partition coefficient (Wildman–Crippen LogP) is 1.76. The quantitative estimate of drug-likeness (QED) is 0.290. The Labute approximate surface area is 174 Å². The van der Waals surface area contributed by atoms with Crippen LogP contribution in [0.5, 0.6) is 11.5 Å². The Morgan fingerprint density at radius 1 is 1.10 bits per heavy atom. The first-order valence-corrected chi connectivity index (χ1v) is 10.4. The average molecular weight is 435 g/mol. The average Bonchev–Trinajstić information content (AvgIpc) is 2.72. The SMILES string of the molecule is COC(=O)Oc1ccc(/C=N\NC(=O)CN(c2ccccc2)S(C)(=O)=O)cc1OC. The van der Waals surface area contributed by atoms with Gasteiger partial charge in [0.05, 0.1) is 32.4 Å². The second-order valence-corrected chi connectivity index (χ2v) is 7.77. The summed E-state index contributed by atoms with van der Waals surface area (Å²) < 4.78 is 39.5. The van der Waals surface area contributed by atoms with Gasteiger partial charge in [-0.25, -0.2) is 18.6 Å². The topological polar surface area (TPSA) is 124 Å². The maximum Gasteiger partial charge on any atom is 0.513 e. The first-order valence-electron chi connectivity index (χ1n) is 8.53. The molecule has 0 fully saturated rings. The molecule has 2 aromatic rings. The van der Waals surface area contributed by atoms with Crippen LogP contribution in [-0.4, -0.2) is 53.7 Å². The minimum absolute atomic E-state index is 0.150. The van der Waals surface area contributed by atoms with E-state index in [1.165, 1.54) is 32.6 Å². The first-order chi connectivity index (χ1) is 14.2. The summed E-state index contributed by atoms with van der Waals surface area (Å²) in [5, 5.41) is 3.82. The van der Waals surface area contributed by atoms with Gasteiger partial charge in [-0.05, 0) is 35.9 Å². The number of nitrogens with one attached hydrogen (secondary N) is 1. The summed E-state index contributed by atoms with van der Waals surface area (Å²) in [6.07, 6.45) is 1.45. The highest BCUT2D eigenvalue weighted by atomic mass is 32.2. The zero-order valence-corrected chi connectivity index (χ0v) is 17.4. The minimum Gasteiger partial charge on any atom is -0.493 e. The Morgan fingerprint density at radius 2 is 1.80 bits per heavy atom. The minimum atomic E-state index is -3.66. The Kier molecular flexibility index (Phi) is 7.76. The fourth-order valence-corrected chi connectivity index (χ4v) is 3.18. The maximum atomic E-state index is 12.2. The number of rotatable bonds is 8. The highest BCUT2D eigenvalue weighted by Gasteiger charge is 2.20. The third-order valence-corrected chi connectivity index (χ3v) is 4.82. The fraction of sp³-hybridized carbons (Fsp3) is 0.211. The molecule has 160 valence electrons. The van der Waals surface area contributed by atoms with Crippen molar-refractivity contribution >= 4 is 34.0 Å². The number of anilines is 1. The summed E-state index contributed by atoms with van der Waals surface area (Å²) in [5.74, 6) is -0.224. The molecule has 0 saturated carbocycles. The number of methoxy groups -OCH3 is 2. The van der Waals surface area contributed by atoms with Crippen LogP contribution in [-0.2, 0) is 19.6 Å². The zero-order valence-electron chi connectivity index (χ0n) is 16.6. The summed E-state index contributed by atoms with van der Waals surface area (Å²) >= 11 is 0. The lowest BCUT2D eigenvalue weighted by molar-refractivity contribution is -0.119. The van der Waals surface area contributed by atoms with Crippen molar-refractivity contribution < 1.29 is 32.2 Å². The monoisotopic (exact) mass is 435 g/mol. The molecular weight excluding hydrogens is 414 g/mol. The number of hydrazone groups is 1. The van der Waals surface area contributed by atoms with Gasteiger partial charge in [-0.15, -0.1) is 0 Å². The van der Waals surface area contributed by atoms with Gasteiger partial charge in [-0.1, -0.05) is 18.2 Å². The van der Waals surface area contributed by atoms with Crippen LogP contribution in [0.4, 0.5) is 10.5 Å². The van der Waals surface area contributed by atoms with Crippen LogP contribution in [0.1, 0.15) is 5.56 Å². The lowest BCUT2D eigenvalue weighted by Crippen LogP contribution is -2.38. The van der Waals surface area contributed by atoms with Crippen LogP contribution in [0.2, 0.25) is 0 Å². The Balaban J connectivity index is 2.05. The van der Waals surface area contributed by atoms with E-state index in [-0.39, 0.29) is 11.5 Å². The normalized spacial score (nSPS) is 11.0. The number of nitrogens with zero attached hydrogens (tertiary/aromatic N) is 2. The van der Waals surface area contributed by atoms with Crippen molar-refractivity contribution in [3.63, 3.8) is 0 Å². The molecule has 0 aromatic heterocycles. The standard InChI is InChI=1S/C19H21N3O7S/c1-27-17-11-14(9-10-16(17)29-19(24)28-2)12-20-21-18(23)13-22(30(3,25)26)15-7-5-4-6-8-15/h4-12H,13H2,1-3H3,(H,21,23)/b20-12-. The van der Waals surface area contributed by atoms with Crippen LogP contribution >= 0.6 is 0 Å². The molecule has 0 bridgehead atoms. The molecule has 0 aliphatic carbocycles. The summed E-state index contributed by atoms with van der Waals surface area (Å²) in [5.41, 5.74) is 3.18. The molecule has 0 unspecified atom stereocenters. The molecule has 2 rings (SSSR count). The lowest BCUT2D eigenvalue weighted by atomic mass is 10.2. The van der Waals surface area contributed by atoms with Crippen LogP contribution in [0.25, 0.3) is 0 Å². The number of amides is 1. The molecule has 11 heteroatoms. The second-order valence-electron chi connectivity index (χ2n) is 5.86. The molecule has 0 spiro atoms. The van der Waals surface area contributed by atoms with Crippen LogP contribution < -0.4 is 19.2 Å². The third-order valence-electron chi connectivity index (χ3n) is 3.68. The van der Waals surface area contributed by atoms with Crippen LogP contribution in [0.3, 0.4) is 0 Å². The Morgan fingerprint density at radius 3 is 2.40 bits per heavy atom. The molecule has 0 aliphatic rings. The molecule has 1 amide bonds. The summed E-state index contributed by atoms with van der Waals surface area (Å²) in [6, 6.07) is 12.8. The largest absolute Gasteiger partial charge is 0.513 e. The Bertz CT molecular complexity index is 1020. The number of para-hydroxylation sites is 1. The second kappa shape index (κ2) is 10.3. The number of carbonyl (C=O) groups is 2. The van der Waals surface area contributed by atoms with Crippen molar-refractivity contribution in [2.75, 3.05) is 31.3 Å². The van der Waals surface area contributed by atoms with Gasteiger partial charge in [0.15, 0.2) is 11.5 Å². The zero-order chi connectivity index (χ0) is 22.1. The van der Waals surface area contributed by atoms with E-state index in [2.05, 4.69) is 15.3 Å². The summed E-state index contributed by atoms with van der Waals surface area (Å²) in [7, 11) is -1.09. The number of benzene rings is 2. The van der Waals surface area contributed by atoms with Crippen LogP contribution in [0.15, 0.2) is 53.6 Å². The van der Waals surface area contributed by atoms with E-state index in [0.717, 1.165) is 10.6 Å². The van der Waals surface area contributed by atoms with E-state index in [0.29, 0.717) is 11.3 Å². The van der Waals surface area contributed by atoms with Gasteiger partial charge in [0, 0.05) is 0 Å². The highest BCUT2D eigenvalue weighted by molar-refractivity contribution is 7.92. The predicted molar refractivity (Wildman–Crippen MR) is 110 cm³/mol. The molecule has 2 aromatic carbocycles. The lowest BCUT2D eigenvalue weighted by Gasteiger charge is -2.21. The van der Waals surface area contributed by atoms with Crippen molar-refractivity contribution in [2.45, 2.75) is 0 Å². The molecule has 0 atom stereocenters. The van der Waals surface area contributed by atoms with Crippen molar-refractivity contribution in [3.8, 4) is 11.5 Å². The molecule has 0 saturated heterocycles. The number of hydrogen-bond acceptors (Lipinski definition) is 8. The van der Waals surface area contributed by atoms with E-state index < -0.39 is 28.6 Å². The van der Waals surface area contributed by atoms with E-state index in [1.54, 1.807) is 36.4 Å². The van der Waals surface area contributed by atoms with Crippen molar-refractivity contribution in [1.29, 1.82) is 0 Å². The van der Waals surface area contributed by atoms with Gasteiger partial charge in [-0.3, -0.25) is 9.10 Å². The molecule has 30 heavy (non-hydrogen) atoms. The van der Waals surface area contributed by atoms with Gasteiger partial charge in [0.1, 0.15) is 6.54 Å². The van der Waals surface area contributed by atoms with E-state index in [1.807, 2.05) is 0 Å².